The summed E-state index contributed by atoms with van der Waals surface area (Å²) in [5.41, 5.74) is 4.88. The number of pyridine rings is 2. The van der Waals surface area contributed by atoms with E-state index in [0.717, 1.165) is 34.2 Å². The Labute approximate surface area is 145 Å². The van der Waals surface area contributed by atoms with Crippen molar-refractivity contribution >= 4 is 31.9 Å². The molecule has 3 aromatic heterocycles. The zero-order chi connectivity index (χ0) is 15.4. The molecule has 0 N–H and O–H groups in total. The van der Waals surface area contributed by atoms with Crippen molar-refractivity contribution in [1.29, 1.82) is 0 Å². The van der Waals surface area contributed by atoms with E-state index >= 15 is 0 Å². The summed E-state index contributed by atoms with van der Waals surface area (Å²) in [5.74, 6) is 0. The Morgan fingerprint density at radius 2 is 1.14 bits per heavy atom. The molecule has 0 saturated carbocycles. The van der Waals surface area contributed by atoms with E-state index < -0.39 is 0 Å². The van der Waals surface area contributed by atoms with Crippen LogP contribution in [0, 0.1) is 0 Å². The molecule has 3 heterocycles. The molecular formula is C16H12Br2N4. The number of aromatic nitrogens is 4. The normalized spacial score (nSPS) is 10.6. The molecule has 6 heteroatoms. The van der Waals surface area contributed by atoms with Gasteiger partial charge in [-0.15, -0.1) is 0 Å². The first kappa shape index (κ1) is 15.2. The quantitative estimate of drug-likeness (QED) is 0.588. The van der Waals surface area contributed by atoms with E-state index in [-0.39, 0.29) is 0 Å². The molecule has 110 valence electrons. The van der Waals surface area contributed by atoms with Crippen LogP contribution in [0.4, 0.5) is 0 Å². The van der Waals surface area contributed by atoms with Crippen LogP contribution in [0.15, 0.2) is 48.8 Å². The maximum atomic E-state index is 4.77. The fourth-order valence-electron chi connectivity index (χ4n) is 2.08. The third kappa shape index (κ3) is 3.08. The summed E-state index contributed by atoms with van der Waals surface area (Å²) in [6, 6.07) is 11.5. The topological polar surface area (TPSA) is 51.6 Å². The summed E-state index contributed by atoms with van der Waals surface area (Å²) in [5, 5.41) is 1.28. The molecule has 0 aliphatic rings. The number of hydrogen-bond donors (Lipinski definition) is 0. The molecule has 0 radical (unpaired) electrons. The second-order valence-corrected chi connectivity index (χ2v) is 5.63. The summed E-state index contributed by atoms with van der Waals surface area (Å²) < 4.78 is 0. The molecule has 0 atom stereocenters. The van der Waals surface area contributed by atoms with E-state index in [4.69, 9.17) is 9.97 Å². The molecule has 0 unspecified atom stereocenters. The van der Waals surface area contributed by atoms with Crippen LogP contribution in [0.5, 0.6) is 0 Å². The van der Waals surface area contributed by atoms with Gasteiger partial charge >= 0.3 is 0 Å². The van der Waals surface area contributed by atoms with Gasteiger partial charge in [-0.25, -0.2) is 9.97 Å². The number of alkyl halides is 2. The first-order valence-corrected chi connectivity index (χ1v) is 8.92. The summed E-state index contributed by atoms with van der Waals surface area (Å²) in [6.45, 7) is 0. The minimum absolute atomic E-state index is 0.642. The third-order valence-electron chi connectivity index (χ3n) is 3.12. The first-order valence-electron chi connectivity index (χ1n) is 6.68. The fourth-order valence-corrected chi connectivity index (χ4v) is 2.98. The van der Waals surface area contributed by atoms with Gasteiger partial charge in [0.25, 0.3) is 0 Å². The highest BCUT2D eigenvalue weighted by Gasteiger charge is 2.17. The smallest absolute Gasteiger partial charge is 0.117 e. The van der Waals surface area contributed by atoms with Crippen molar-refractivity contribution in [2.75, 3.05) is 0 Å². The Balaban J connectivity index is 2.26. The molecular weight excluding hydrogens is 408 g/mol. The second-order valence-electron chi connectivity index (χ2n) is 4.51. The van der Waals surface area contributed by atoms with Crippen molar-refractivity contribution in [3.63, 3.8) is 0 Å². The highest BCUT2D eigenvalue weighted by atomic mass is 79.9. The largest absolute Gasteiger partial charge is 0.255 e. The van der Waals surface area contributed by atoms with Gasteiger partial charge in [0.05, 0.1) is 22.8 Å². The van der Waals surface area contributed by atoms with Crippen molar-refractivity contribution in [2.24, 2.45) is 0 Å². The molecule has 0 saturated heterocycles. The van der Waals surface area contributed by atoms with Gasteiger partial charge in [0.2, 0.25) is 0 Å². The predicted octanol–water partition coefficient (Wildman–Crippen LogP) is 4.39. The molecule has 0 amide bonds. The number of halogens is 2. The average molecular weight is 420 g/mol. The Hall–Kier alpha value is -1.66. The van der Waals surface area contributed by atoms with E-state index in [2.05, 4.69) is 41.8 Å². The van der Waals surface area contributed by atoms with Crippen LogP contribution in [0.1, 0.15) is 11.4 Å². The minimum atomic E-state index is 0.642. The van der Waals surface area contributed by atoms with Crippen molar-refractivity contribution < 1.29 is 0 Å². The molecule has 0 fully saturated rings. The van der Waals surface area contributed by atoms with E-state index in [0.29, 0.717) is 10.7 Å². The first-order chi connectivity index (χ1) is 10.8. The number of rotatable bonds is 4. The van der Waals surface area contributed by atoms with Crippen molar-refractivity contribution in [3.8, 4) is 22.8 Å². The lowest BCUT2D eigenvalue weighted by Crippen LogP contribution is -2.04. The lowest BCUT2D eigenvalue weighted by atomic mass is 10.1. The van der Waals surface area contributed by atoms with E-state index in [1.165, 1.54) is 0 Å². The Morgan fingerprint density at radius 1 is 0.682 bits per heavy atom. The lowest BCUT2D eigenvalue weighted by Gasteiger charge is -2.11. The zero-order valence-corrected chi connectivity index (χ0v) is 14.7. The molecule has 0 aliphatic heterocycles. The van der Waals surface area contributed by atoms with Crippen LogP contribution >= 0.6 is 31.9 Å². The van der Waals surface area contributed by atoms with Crippen LogP contribution in [0.3, 0.4) is 0 Å². The standard InChI is InChI=1S/C16H12Br2N4/c17-9-13-14(10-18)22-16(12-6-2-4-8-20-12)15(21-13)11-5-1-3-7-19-11/h1-8H,9-10H2. The molecule has 0 aliphatic carbocycles. The van der Waals surface area contributed by atoms with E-state index in [9.17, 15) is 0 Å². The second kappa shape index (κ2) is 7.07. The molecule has 22 heavy (non-hydrogen) atoms. The summed E-state index contributed by atoms with van der Waals surface area (Å²) >= 11 is 6.95. The minimum Gasteiger partial charge on any atom is -0.255 e. The van der Waals surface area contributed by atoms with E-state index in [1.54, 1.807) is 12.4 Å². The van der Waals surface area contributed by atoms with Crippen LogP contribution in [0.2, 0.25) is 0 Å². The van der Waals surface area contributed by atoms with Crippen LogP contribution < -0.4 is 0 Å². The van der Waals surface area contributed by atoms with Gasteiger partial charge in [0.1, 0.15) is 11.4 Å². The van der Waals surface area contributed by atoms with Crippen molar-refractivity contribution in [2.45, 2.75) is 10.7 Å². The van der Waals surface area contributed by atoms with Crippen LogP contribution in [-0.4, -0.2) is 19.9 Å². The average Bonchev–Trinajstić information content (AvgIpc) is 2.62. The lowest BCUT2D eigenvalue weighted by molar-refractivity contribution is 1.03. The Morgan fingerprint density at radius 3 is 1.45 bits per heavy atom. The fraction of sp³-hybridized carbons (Fsp3) is 0.125. The number of nitrogens with zero attached hydrogens (tertiary/aromatic N) is 4. The van der Waals surface area contributed by atoms with Gasteiger partial charge in [-0.05, 0) is 24.3 Å². The van der Waals surface area contributed by atoms with Gasteiger partial charge in [-0.1, -0.05) is 44.0 Å². The molecule has 3 rings (SSSR count). The highest BCUT2D eigenvalue weighted by molar-refractivity contribution is 9.09. The van der Waals surface area contributed by atoms with Gasteiger partial charge in [0.15, 0.2) is 0 Å². The van der Waals surface area contributed by atoms with Crippen molar-refractivity contribution in [1.82, 2.24) is 19.9 Å². The molecule has 0 spiro atoms. The molecule has 0 aromatic carbocycles. The maximum Gasteiger partial charge on any atom is 0.117 e. The monoisotopic (exact) mass is 418 g/mol. The van der Waals surface area contributed by atoms with Crippen molar-refractivity contribution in [3.05, 3.63) is 60.2 Å². The van der Waals surface area contributed by atoms with Gasteiger partial charge in [-0.2, -0.15) is 0 Å². The SMILES string of the molecule is BrCc1nc(-c2ccccn2)c(-c2ccccn2)nc1CBr. The van der Waals surface area contributed by atoms with Crippen LogP contribution in [0.25, 0.3) is 22.8 Å². The highest BCUT2D eigenvalue weighted by Crippen LogP contribution is 2.28. The zero-order valence-electron chi connectivity index (χ0n) is 11.6. The summed E-state index contributed by atoms with van der Waals surface area (Å²) in [7, 11) is 0. The van der Waals surface area contributed by atoms with E-state index in [1.807, 2.05) is 36.4 Å². The Bertz CT molecular complexity index is 697. The predicted molar refractivity (Wildman–Crippen MR) is 93.8 cm³/mol. The van der Waals surface area contributed by atoms with Gasteiger partial charge in [-0.3, -0.25) is 9.97 Å². The molecule has 0 bridgehead atoms. The maximum absolute atomic E-state index is 4.77. The molecule has 3 aromatic rings. The van der Waals surface area contributed by atoms with Gasteiger partial charge < -0.3 is 0 Å². The summed E-state index contributed by atoms with van der Waals surface area (Å²) in [6.07, 6.45) is 3.51. The summed E-state index contributed by atoms with van der Waals surface area (Å²) in [4.78, 5) is 18.4. The van der Waals surface area contributed by atoms with Gasteiger partial charge in [0, 0.05) is 23.1 Å². The van der Waals surface area contributed by atoms with Crippen LogP contribution in [-0.2, 0) is 10.7 Å². The number of hydrogen-bond acceptors (Lipinski definition) is 4. The third-order valence-corrected chi connectivity index (χ3v) is 4.18. The Kier molecular flexibility index (Phi) is 4.90. The molecule has 4 nitrogen and oxygen atoms in total.